The summed E-state index contributed by atoms with van der Waals surface area (Å²) in [7, 11) is 1.87. The normalized spacial score (nSPS) is 10.4. The van der Waals surface area contributed by atoms with Crippen molar-refractivity contribution in [1.82, 2.24) is 4.90 Å². The molecule has 100 valence electrons. The Morgan fingerprint density at radius 3 is 2.72 bits per heavy atom. The minimum absolute atomic E-state index is 0.198. The molecule has 1 rings (SSSR count). The third-order valence-electron chi connectivity index (χ3n) is 2.53. The second-order valence-electron chi connectivity index (χ2n) is 4.16. The predicted molar refractivity (Wildman–Crippen MR) is 70.8 cm³/mol. The molecule has 0 amide bonds. The molecule has 1 aromatic carbocycles. The zero-order chi connectivity index (χ0) is 13.4. The fraction of sp³-hybridized carbons (Fsp3) is 0.500. The quantitative estimate of drug-likeness (QED) is 0.693. The second-order valence-corrected chi connectivity index (χ2v) is 4.16. The number of aryl methyl sites for hydroxylation is 1. The van der Waals surface area contributed by atoms with Crippen LogP contribution in [0.3, 0.4) is 0 Å². The number of ether oxygens (including phenoxy) is 2. The number of nitrogens with zero attached hydrogens (tertiary/aromatic N) is 1. The van der Waals surface area contributed by atoms with Crippen molar-refractivity contribution < 1.29 is 14.3 Å². The van der Waals surface area contributed by atoms with Gasteiger partial charge in [0.2, 0.25) is 0 Å². The number of hydrogen-bond acceptors (Lipinski definition) is 4. The van der Waals surface area contributed by atoms with Crippen molar-refractivity contribution >= 4 is 5.97 Å². The number of carbonyl (C=O) groups excluding carboxylic acids is 1. The summed E-state index contributed by atoms with van der Waals surface area (Å²) in [6.45, 7) is 5.78. The van der Waals surface area contributed by atoms with Crippen LogP contribution in [0.1, 0.15) is 12.5 Å². The van der Waals surface area contributed by atoms with Gasteiger partial charge in [-0.05, 0) is 32.5 Å². The highest BCUT2D eigenvalue weighted by Crippen LogP contribution is 2.15. The molecular weight excluding hydrogens is 230 g/mol. The second kappa shape index (κ2) is 7.71. The molecule has 1 aromatic rings. The minimum Gasteiger partial charge on any atom is -0.492 e. The van der Waals surface area contributed by atoms with Crippen molar-refractivity contribution in [1.29, 1.82) is 0 Å². The van der Waals surface area contributed by atoms with Crippen LogP contribution in [0.15, 0.2) is 24.3 Å². The maximum atomic E-state index is 11.2. The van der Waals surface area contributed by atoms with Gasteiger partial charge in [-0.25, -0.2) is 0 Å². The Hall–Kier alpha value is -1.55. The fourth-order valence-corrected chi connectivity index (χ4v) is 1.54. The summed E-state index contributed by atoms with van der Waals surface area (Å²) in [5, 5.41) is 0. The molecule has 4 heteroatoms. The van der Waals surface area contributed by atoms with Crippen LogP contribution >= 0.6 is 0 Å². The molecule has 18 heavy (non-hydrogen) atoms. The smallest absolute Gasteiger partial charge is 0.320 e. The van der Waals surface area contributed by atoms with Gasteiger partial charge in [0.15, 0.2) is 0 Å². The average molecular weight is 251 g/mol. The summed E-state index contributed by atoms with van der Waals surface area (Å²) in [6, 6.07) is 7.89. The van der Waals surface area contributed by atoms with E-state index in [2.05, 4.69) is 0 Å². The third kappa shape index (κ3) is 5.19. The lowest BCUT2D eigenvalue weighted by Crippen LogP contribution is -2.31. The van der Waals surface area contributed by atoms with Crippen LogP contribution in [-0.2, 0) is 9.53 Å². The molecule has 0 aliphatic carbocycles. The lowest BCUT2D eigenvalue weighted by molar-refractivity contribution is -0.144. The zero-order valence-electron chi connectivity index (χ0n) is 11.3. The summed E-state index contributed by atoms with van der Waals surface area (Å²) in [5.74, 6) is 0.693. The highest BCUT2D eigenvalue weighted by molar-refractivity contribution is 5.71. The number of para-hydroxylation sites is 1. The van der Waals surface area contributed by atoms with E-state index >= 15 is 0 Å². The van der Waals surface area contributed by atoms with Crippen LogP contribution in [-0.4, -0.2) is 44.2 Å². The van der Waals surface area contributed by atoms with Gasteiger partial charge in [0.25, 0.3) is 0 Å². The number of esters is 1. The van der Waals surface area contributed by atoms with Gasteiger partial charge in [-0.1, -0.05) is 18.2 Å². The van der Waals surface area contributed by atoms with Crippen molar-refractivity contribution in [2.24, 2.45) is 0 Å². The van der Waals surface area contributed by atoms with Gasteiger partial charge in [0.1, 0.15) is 12.4 Å². The van der Waals surface area contributed by atoms with Crippen molar-refractivity contribution in [3.63, 3.8) is 0 Å². The van der Waals surface area contributed by atoms with Gasteiger partial charge < -0.3 is 9.47 Å². The molecule has 0 radical (unpaired) electrons. The number of likely N-dealkylation sites (N-methyl/N-ethyl adjacent to an activating group) is 1. The molecule has 0 fully saturated rings. The van der Waals surface area contributed by atoms with Gasteiger partial charge in [-0.2, -0.15) is 0 Å². The molecular formula is C14H21NO3. The maximum Gasteiger partial charge on any atom is 0.320 e. The van der Waals surface area contributed by atoms with Crippen LogP contribution in [0.2, 0.25) is 0 Å². The van der Waals surface area contributed by atoms with Crippen molar-refractivity contribution in [3.05, 3.63) is 29.8 Å². The van der Waals surface area contributed by atoms with Gasteiger partial charge in [-0.15, -0.1) is 0 Å². The standard InChI is InChI=1S/C14H21NO3/c1-4-17-14(16)11-15(3)9-10-18-13-8-6-5-7-12(13)2/h5-8H,4,9-11H2,1-3H3. The predicted octanol–water partition coefficient (Wildman–Crippen LogP) is 1.87. The van der Waals surface area contributed by atoms with E-state index in [0.29, 0.717) is 26.3 Å². The molecule has 0 saturated carbocycles. The maximum absolute atomic E-state index is 11.2. The highest BCUT2D eigenvalue weighted by atomic mass is 16.5. The summed E-state index contributed by atoms with van der Waals surface area (Å²) in [5.41, 5.74) is 1.12. The average Bonchev–Trinajstić information content (AvgIpc) is 2.31. The lowest BCUT2D eigenvalue weighted by atomic mass is 10.2. The summed E-state index contributed by atoms with van der Waals surface area (Å²) in [6.07, 6.45) is 0. The Balaban J connectivity index is 2.25. The van der Waals surface area contributed by atoms with E-state index in [4.69, 9.17) is 9.47 Å². The fourth-order valence-electron chi connectivity index (χ4n) is 1.54. The Morgan fingerprint density at radius 1 is 1.33 bits per heavy atom. The topological polar surface area (TPSA) is 38.8 Å². The van der Waals surface area contributed by atoms with Gasteiger partial charge in [0.05, 0.1) is 13.2 Å². The van der Waals surface area contributed by atoms with Gasteiger partial charge in [-0.3, -0.25) is 9.69 Å². The van der Waals surface area contributed by atoms with Crippen LogP contribution in [0.25, 0.3) is 0 Å². The molecule has 0 unspecified atom stereocenters. The summed E-state index contributed by atoms with van der Waals surface area (Å²) in [4.78, 5) is 13.1. The number of hydrogen-bond donors (Lipinski definition) is 0. The Labute approximate surface area is 108 Å². The van der Waals surface area contributed by atoms with E-state index in [1.807, 2.05) is 43.1 Å². The number of rotatable bonds is 7. The molecule has 0 heterocycles. The van der Waals surface area contributed by atoms with E-state index in [-0.39, 0.29) is 5.97 Å². The molecule has 0 atom stereocenters. The van der Waals surface area contributed by atoms with Crippen molar-refractivity contribution in [2.45, 2.75) is 13.8 Å². The zero-order valence-corrected chi connectivity index (χ0v) is 11.3. The SMILES string of the molecule is CCOC(=O)CN(C)CCOc1ccccc1C. The molecule has 0 aromatic heterocycles. The molecule has 0 aliphatic rings. The largest absolute Gasteiger partial charge is 0.492 e. The van der Waals surface area contributed by atoms with Crippen LogP contribution < -0.4 is 4.74 Å². The number of carbonyl (C=O) groups is 1. The Morgan fingerprint density at radius 2 is 2.06 bits per heavy atom. The van der Waals surface area contributed by atoms with Gasteiger partial charge in [0, 0.05) is 6.54 Å². The molecule has 0 bridgehead atoms. The van der Waals surface area contributed by atoms with Crippen LogP contribution in [0, 0.1) is 6.92 Å². The molecule has 0 spiro atoms. The highest BCUT2D eigenvalue weighted by Gasteiger charge is 2.07. The van der Waals surface area contributed by atoms with E-state index in [9.17, 15) is 4.79 Å². The van der Waals surface area contributed by atoms with E-state index < -0.39 is 0 Å². The third-order valence-corrected chi connectivity index (χ3v) is 2.53. The first kappa shape index (κ1) is 14.5. The molecule has 0 N–H and O–H groups in total. The first-order valence-corrected chi connectivity index (χ1v) is 6.16. The van der Waals surface area contributed by atoms with Crippen molar-refractivity contribution in [3.8, 4) is 5.75 Å². The first-order valence-electron chi connectivity index (χ1n) is 6.16. The van der Waals surface area contributed by atoms with Crippen LogP contribution in [0.5, 0.6) is 5.75 Å². The lowest BCUT2D eigenvalue weighted by Gasteiger charge is -2.16. The molecule has 4 nitrogen and oxygen atoms in total. The van der Waals surface area contributed by atoms with E-state index in [1.165, 1.54) is 0 Å². The Bertz CT molecular complexity index is 379. The monoisotopic (exact) mass is 251 g/mol. The van der Waals surface area contributed by atoms with E-state index in [1.54, 1.807) is 6.92 Å². The summed E-state index contributed by atoms with van der Waals surface area (Å²) >= 11 is 0. The first-order chi connectivity index (χ1) is 8.63. The van der Waals surface area contributed by atoms with Crippen molar-refractivity contribution in [2.75, 3.05) is 33.4 Å². The molecule has 0 aliphatic heterocycles. The van der Waals surface area contributed by atoms with E-state index in [0.717, 1.165) is 11.3 Å². The number of benzene rings is 1. The Kier molecular flexibility index (Phi) is 6.22. The van der Waals surface area contributed by atoms with Crippen LogP contribution in [0.4, 0.5) is 0 Å². The molecule has 0 saturated heterocycles. The summed E-state index contributed by atoms with van der Waals surface area (Å²) < 4.78 is 10.5. The van der Waals surface area contributed by atoms with Gasteiger partial charge >= 0.3 is 5.97 Å². The minimum atomic E-state index is -0.198.